The summed E-state index contributed by atoms with van der Waals surface area (Å²) in [6, 6.07) is 15.2. The second-order valence-electron chi connectivity index (χ2n) is 9.75. The van der Waals surface area contributed by atoms with Gasteiger partial charge in [0.05, 0.1) is 11.1 Å². The molecule has 4 rings (SSSR count). The van der Waals surface area contributed by atoms with E-state index in [1.54, 1.807) is 11.9 Å². The van der Waals surface area contributed by atoms with Gasteiger partial charge in [0.15, 0.2) is 0 Å². The quantitative estimate of drug-likeness (QED) is 0.623. The largest absolute Gasteiger partial charge is 0.340 e. The third-order valence-corrected chi connectivity index (χ3v) is 7.08. The lowest BCUT2D eigenvalue weighted by Crippen LogP contribution is -2.50. The Hall–Kier alpha value is -2.66. The van der Waals surface area contributed by atoms with Crippen LogP contribution in [-0.4, -0.2) is 32.0 Å². The van der Waals surface area contributed by atoms with Crippen LogP contribution in [0.3, 0.4) is 0 Å². The number of anilines is 1. The molecule has 5 heteroatoms. The van der Waals surface area contributed by atoms with Crippen molar-refractivity contribution in [1.82, 2.24) is 10.6 Å². The van der Waals surface area contributed by atoms with Crippen LogP contribution in [-0.2, 0) is 9.59 Å². The summed E-state index contributed by atoms with van der Waals surface area (Å²) in [6.45, 7) is 6.01. The molecule has 1 unspecified atom stereocenters. The normalized spacial score (nSPS) is 19.4. The van der Waals surface area contributed by atoms with Crippen molar-refractivity contribution < 1.29 is 9.59 Å². The molecule has 2 aliphatic rings. The van der Waals surface area contributed by atoms with E-state index < -0.39 is 11.5 Å². The van der Waals surface area contributed by atoms with Crippen LogP contribution >= 0.6 is 0 Å². The van der Waals surface area contributed by atoms with E-state index in [4.69, 9.17) is 0 Å². The first-order chi connectivity index (χ1) is 15.4. The van der Waals surface area contributed by atoms with E-state index in [2.05, 4.69) is 24.5 Å². The Kier molecular flexibility index (Phi) is 6.66. The van der Waals surface area contributed by atoms with E-state index >= 15 is 0 Å². The van der Waals surface area contributed by atoms with Crippen LogP contribution in [0.4, 0.5) is 5.69 Å². The zero-order valence-electron chi connectivity index (χ0n) is 19.5. The van der Waals surface area contributed by atoms with Gasteiger partial charge in [0, 0.05) is 19.2 Å². The molecule has 170 valence electrons. The second-order valence-corrected chi connectivity index (χ2v) is 9.75. The summed E-state index contributed by atoms with van der Waals surface area (Å²) in [6.07, 6.45) is 4.94. The molecule has 1 saturated carbocycles. The molecular weight excluding hydrogens is 398 g/mol. The lowest BCUT2D eigenvalue weighted by atomic mass is 9.84. The molecule has 0 spiro atoms. The molecule has 0 aromatic heterocycles. The molecule has 1 aliphatic heterocycles. The van der Waals surface area contributed by atoms with Crippen molar-refractivity contribution in [2.24, 2.45) is 11.3 Å². The van der Waals surface area contributed by atoms with Crippen molar-refractivity contribution in [2.45, 2.75) is 52.0 Å². The van der Waals surface area contributed by atoms with Crippen molar-refractivity contribution in [1.29, 1.82) is 0 Å². The number of amides is 2. The van der Waals surface area contributed by atoms with Gasteiger partial charge in [-0.1, -0.05) is 69.2 Å². The lowest BCUT2D eigenvalue weighted by Gasteiger charge is -2.31. The molecule has 0 saturated heterocycles. The maximum atomic E-state index is 13.7. The number of rotatable bonds is 7. The smallest absolute Gasteiger partial charge is 0.253 e. The fourth-order valence-corrected chi connectivity index (χ4v) is 5.11. The highest BCUT2D eigenvalue weighted by atomic mass is 16.2. The fraction of sp³-hybridized carbons (Fsp3) is 0.481. The molecule has 5 nitrogen and oxygen atoms in total. The SMILES string of the molecule is CC(C)CCNCC1(C(=O)NC2C(=O)N(C)c3ccccc3-c3ccccc32)CCCC1. The summed E-state index contributed by atoms with van der Waals surface area (Å²) in [7, 11) is 1.80. The van der Waals surface area contributed by atoms with Gasteiger partial charge < -0.3 is 15.5 Å². The molecule has 1 aliphatic carbocycles. The first kappa shape index (κ1) is 22.5. The Labute approximate surface area is 191 Å². The van der Waals surface area contributed by atoms with Crippen LogP contribution in [0, 0.1) is 11.3 Å². The van der Waals surface area contributed by atoms with E-state index in [0.29, 0.717) is 12.5 Å². The number of hydrogen-bond donors (Lipinski definition) is 2. The minimum atomic E-state index is -0.691. The van der Waals surface area contributed by atoms with E-state index in [9.17, 15) is 9.59 Å². The molecule has 2 amide bonds. The van der Waals surface area contributed by atoms with Gasteiger partial charge in [0.1, 0.15) is 6.04 Å². The Balaban J connectivity index is 1.61. The standard InChI is InChI=1S/C27H35N3O2/c1-19(2)14-17-28-18-27(15-8-9-16-27)26(32)29-24-22-12-5-4-10-20(22)21-11-6-7-13-23(21)30(3)25(24)31/h4-7,10-13,19,24,28H,8-9,14-18H2,1-3H3,(H,29,32). The third-order valence-electron chi connectivity index (χ3n) is 7.08. The second kappa shape index (κ2) is 9.45. The van der Waals surface area contributed by atoms with Crippen molar-refractivity contribution in [3.05, 3.63) is 54.1 Å². The lowest BCUT2D eigenvalue weighted by molar-refractivity contribution is -0.134. The van der Waals surface area contributed by atoms with Gasteiger partial charge in [-0.3, -0.25) is 9.59 Å². The van der Waals surface area contributed by atoms with Crippen molar-refractivity contribution in [3.63, 3.8) is 0 Å². The number of para-hydroxylation sites is 1. The molecule has 1 fully saturated rings. The predicted molar refractivity (Wildman–Crippen MR) is 129 cm³/mol. The van der Waals surface area contributed by atoms with Gasteiger partial charge in [-0.05, 0) is 48.9 Å². The van der Waals surface area contributed by atoms with Gasteiger partial charge in [-0.15, -0.1) is 0 Å². The van der Waals surface area contributed by atoms with Crippen LogP contribution in [0.2, 0.25) is 0 Å². The Morgan fingerprint density at radius 2 is 1.72 bits per heavy atom. The first-order valence-corrected chi connectivity index (χ1v) is 11.9. The van der Waals surface area contributed by atoms with Crippen molar-refractivity contribution in [2.75, 3.05) is 25.0 Å². The van der Waals surface area contributed by atoms with Gasteiger partial charge in [0.2, 0.25) is 5.91 Å². The Morgan fingerprint density at radius 3 is 2.44 bits per heavy atom. The van der Waals surface area contributed by atoms with Crippen LogP contribution < -0.4 is 15.5 Å². The van der Waals surface area contributed by atoms with Gasteiger partial charge >= 0.3 is 0 Å². The molecule has 0 radical (unpaired) electrons. The number of carbonyl (C=O) groups is 2. The van der Waals surface area contributed by atoms with E-state index in [1.807, 2.05) is 48.5 Å². The highest BCUT2D eigenvalue weighted by Gasteiger charge is 2.43. The van der Waals surface area contributed by atoms with Crippen LogP contribution in [0.1, 0.15) is 57.6 Å². The van der Waals surface area contributed by atoms with E-state index in [0.717, 1.165) is 61.0 Å². The predicted octanol–water partition coefficient (Wildman–Crippen LogP) is 4.68. The molecule has 2 aromatic carbocycles. The van der Waals surface area contributed by atoms with Gasteiger partial charge in [-0.25, -0.2) is 0 Å². The van der Waals surface area contributed by atoms with Crippen LogP contribution in [0.5, 0.6) is 0 Å². The molecule has 2 aromatic rings. The highest BCUT2D eigenvalue weighted by Crippen LogP contribution is 2.42. The van der Waals surface area contributed by atoms with E-state index in [1.165, 1.54) is 0 Å². The molecule has 2 N–H and O–H groups in total. The van der Waals surface area contributed by atoms with Crippen LogP contribution in [0.15, 0.2) is 48.5 Å². The minimum absolute atomic E-state index is 0.000411. The minimum Gasteiger partial charge on any atom is -0.340 e. The monoisotopic (exact) mass is 433 g/mol. The molecule has 1 atom stereocenters. The number of carbonyl (C=O) groups excluding carboxylic acids is 2. The number of fused-ring (bicyclic) bond motifs is 3. The summed E-state index contributed by atoms with van der Waals surface area (Å²) in [5.74, 6) is 0.532. The number of nitrogens with zero attached hydrogens (tertiary/aromatic N) is 1. The molecular formula is C27H35N3O2. The topological polar surface area (TPSA) is 61.4 Å². The first-order valence-electron chi connectivity index (χ1n) is 11.9. The van der Waals surface area contributed by atoms with Crippen molar-refractivity contribution >= 4 is 17.5 Å². The molecule has 0 bridgehead atoms. The van der Waals surface area contributed by atoms with Crippen molar-refractivity contribution in [3.8, 4) is 11.1 Å². The molecule has 1 heterocycles. The number of benzene rings is 2. The Bertz CT molecular complexity index is 978. The zero-order valence-corrected chi connectivity index (χ0v) is 19.5. The summed E-state index contributed by atoms with van der Waals surface area (Å²) in [5, 5.41) is 6.72. The van der Waals surface area contributed by atoms with Gasteiger partial charge in [0.25, 0.3) is 5.91 Å². The summed E-state index contributed by atoms with van der Waals surface area (Å²) < 4.78 is 0. The van der Waals surface area contributed by atoms with Gasteiger partial charge in [-0.2, -0.15) is 0 Å². The summed E-state index contributed by atoms with van der Waals surface area (Å²) in [5.41, 5.74) is 3.31. The van der Waals surface area contributed by atoms with E-state index in [-0.39, 0.29) is 11.8 Å². The average Bonchev–Trinajstić information content (AvgIpc) is 3.26. The molecule has 32 heavy (non-hydrogen) atoms. The fourth-order valence-electron chi connectivity index (χ4n) is 5.11. The summed E-state index contributed by atoms with van der Waals surface area (Å²) in [4.78, 5) is 28.9. The number of nitrogens with one attached hydrogen (secondary N) is 2. The zero-order chi connectivity index (χ0) is 22.7. The number of hydrogen-bond acceptors (Lipinski definition) is 3. The number of likely N-dealkylation sites (N-methyl/N-ethyl adjacent to an activating group) is 1. The third kappa shape index (κ3) is 4.31. The van der Waals surface area contributed by atoms with Crippen LogP contribution in [0.25, 0.3) is 11.1 Å². The highest BCUT2D eigenvalue weighted by molar-refractivity contribution is 6.06. The summed E-state index contributed by atoms with van der Waals surface area (Å²) >= 11 is 0. The Morgan fingerprint density at radius 1 is 1.06 bits per heavy atom. The maximum absolute atomic E-state index is 13.7. The average molecular weight is 434 g/mol. The maximum Gasteiger partial charge on any atom is 0.253 e.